The van der Waals surface area contributed by atoms with E-state index in [9.17, 15) is 4.79 Å². The fraction of sp³-hybridized carbons (Fsp3) is 0.500. The van der Waals surface area contributed by atoms with Gasteiger partial charge in [0, 0.05) is 12.0 Å². The summed E-state index contributed by atoms with van der Waals surface area (Å²) in [6.45, 7) is 0. The molecule has 1 amide bonds. The van der Waals surface area contributed by atoms with Gasteiger partial charge in [-0.25, -0.2) is 0 Å². The minimum atomic E-state index is -0.120. The second kappa shape index (κ2) is 4.54. The van der Waals surface area contributed by atoms with E-state index in [0.717, 1.165) is 23.1 Å². The average Bonchev–Trinajstić information content (AvgIpc) is 2.80. The summed E-state index contributed by atoms with van der Waals surface area (Å²) < 4.78 is 0. The summed E-state index contributed by atoms with van der Waals surface area (Å²) >= 11 is 1.56. The Hall–Kier alpha value is -1.27. The van der Waals surface area contributed by atoms with Gasteiger partial charge in [0.25, 0.3) is 5.91 Å². The van der Waals surface area contributed by atoms with E-state index < -0.39 is 0 Å². The molecule has 0 saturated heterocycles. The van der Waals surface area contributed by atoms with Gasteiger partial charge in [-0.3, -0.25) is 4.79 Å². The quantitative estimate of drug-likeness (QED) is 0.796. The molecular formula is C14H15NOS. The third kappa shape index (κ3) is 2.53. The van der Waals surface area contributed by atoms with Crippen molar-refractivity contribution in [3.05, 3.63) is 22.4 Å². The van der Waals surface area contributed by atoms with Gasteiger partial charge in [0.15, 0.2) is 0 Å². The van der Waals surface area contributed by atoms with Crippen LogP contribution >= 0.6 is 11.3 Å². The Morgan fingerprint density at radius 1 is 1.47 bits per heavy atom. The van der Waals surface area contributed by atoms with Crippen molar-refractivity contribution in [2.75, 3.05) is 0 Å². The topological polar surface area (TPSA) is 29.1 Å². The molecule has 1 heterocycles. The highest BCUT2D eigenvalue weighted by atomic mass is 32.1. The van der Waals surface area contributed by atoms with E-state index in [1.54, 1.807) is 11.3 Å². The number of nitrogens with one attached hydrogen (secondary N) is 1. The molecule has 3 rings (SSSR count). The third-order valence-electron chi connectivity index (χ3n) is 3.73. The summed E-state index contributed by atoms with van der Waals surface area (Å²) in [5.41, 5.74) is 0. The molecule has 2 aliphatic carbocycles. The molecule has 0 spiro atoms. The summed E-state index contributed by atoms with van der Waals surface area (Å²) in [5.74, 6) is 7.05. The summed E-state index contributed by atoms with van der Waals surface area (Å²) in [6.07, 6.45) is 5.26. The molecule has 1 N–H and O–H groups in total. The van der Waals surface area contributed by atoms with E-state index >= 15 is 0 Å². The number of carbonyl (C=O) groups is 1. The standard InChI is InChI=1S/C14H15NOS/c16-14(7-6-11-5-2-8-17-11)15-13-9-12(13)10-3-1-4-10/h2,5,8,10,12-13H,1,3-4,9H2,(H,15,16)/t12-,13+/m0/s1. The second-order valence-corrected chi connectivity index (χ2v) is 5.85. The van der Waals surface area contributed by atoms with Gasteiger partial charge in [0.2, 0.25) is 0 Å². The van der Waals surface area contributed by atoms with E-state index in [1.807, 2.05) is 17.5 Å². The first kappa shape index (κ1) is 10.9. The minimum Gasteiger partial charge on any atom is -0.342 e. The van der Waals surface area contributed by atoms with E-state index in [4.69, 9.17) is 0 Å². The maximum absolute atomic E-state index is 11.6. The van der Waals surface area contributed by atoms with Gasteiger partial charge in [-0.1, -0.05) is 25.3 Å². The smallest absolute Gasteiger partial charge is 0.296 e. The van der Waals surface area contributed by atoms with Crippen molar-refractivity contribution in [3.8, 4) is 11.8 Å². The van der Waals surface area contributed by atoms with Crippen LogP contribution in [-0.2, 0) is 4.79 Å². The molecule has 2 saturated carbocycles. The minimum absolute atomic E-state index is 0.120. The van der Waals surface area contributed by atoms with E-state index in [-0.39, 0.29) is 5.91 Å². The molecular weight excluding hydrogens is 230 g/mol. The van der Waals surface area contributed by atoms with Crippen molar-refractivity contribution in [2.45, 2.75) is 31.7 Å². The van der Waals surface area contributed by atoms with Crippen LogP contribution in [0.4, 0.5) is 0 Å². The first-order valence-corrected chi connectivity index (χ1v) is 7.07. The lowest BCUT2D eigenvalue weighted by Crippen LogP contribution is -2.28. The predicted molar refractivity (Wildman–Crippen MR) is 68.6 cm³/mol. The maximum Gasteiger partial charge on any atom is 0.296 e. The summed E-state index contributed by atoms with van der Waals surface area (Å²) in [7, 11) is 0. The molecule has 3 heteroatoms. The maximum atomic E-state index is 11.6. The van der Waals surface area contributed by atoms with Gasteiger partial charge in [-0.05, 0) is 35.6 Å². The molecule has 2 nitrogen and oxygen atoms in total. The normalized spacial score (nSPS) is 26.6. The van der Waals surface area contributed by atoms with Crippen molar-refractivity contribution in [2.24, 2.45) is 11.8 Å². The number of carbonyl (C=O) groups excluding carboxylic acids is 1. The van der Waals surface area contributed by atoms with Gasteiger partial charge in [-0.2, -0.15) is 0 Å². The highest BCUT2D eigenvalue weighted by Crippen LogP contribution is 2.46. The highest BCUT2D eigenvalue weighted by Gasteiger charge is 2.45. The number of rotatable bonds is 2. The molecule has 0 bridgehead atoms. The Balaban J connectivity index is 1.48. The van der Waals surface area contributed by atoms with Crippen LogP contribution in [0.15, 0.2) is 17.5 Å². The summed E-state index contributed by atoms with van der Waals surface area (Å²) in [4.78, 5) is 12.5. The van der Waals surface area contributed by atoms with Crippen LogP contribution < -0.4 is 5.32 Å². The lowest BCUT2D eigenvalue weighted by molar-refractivity contribution is -0.115. The van der Waals surface area contributed by atoms with Crippen molar-refractivity contribution >= 4 is 17.2 Å². The molecule has 17 heavy (non-hydrogen) atoms. The zero-order valence-electron chi connectivity index (χ0n) is 9.61. The fourth-order valence-corrected chi connectivity index (χ4v) is 3.01. The van der Waals surface area contributed by atoms with Crippen LogP contribution in [-0.4, -0.2) is 11.9 Å². The largest absolute Gasteiger partial charge is 0.342 e. The third-order valence-corrected chi connectivity index (χ3v) is 4.52. The number of hydrogen-bond donors (Lipinski definition) is 1. The first-order valence-electron chi connectivity index (χ1n) is 6.19. The van der Waals surface area contributed by atoms with Gasteiger partial charge in [0.05, 0.1) is 4.88 Å². The Kier molecular flexibility index (Phi) is 2.90. The van der Waals surface area contributed by atoms with Crippen LogP contribution in [0, 0.1) is 23.7 Å². The van der Waals surface area contributed by atoms with E-state index in [0.29, 0.717) is 6.04 Å². The molecule has 0 aliphatic heterocycles. The lowest BCUT2D eigenvalue weighted by atomic mass is 9.81. The summed E-state index contributed by atoms with van der Waals surface area (Å²) in [6, 6.07) is 4.28. The molecule has 1 aromatic rings. The van der Waals surface area contributed by atoms with Crippen LogP contribution in [0.1, 0.15) is 30.6 Å². The van der Waals surface area contributed by atoms with Crippen molar-refractivity contribution in [1.29, 1.82) is 0 Å². The Morgan fingerprint density at radius 3 is 3.00 bits per heavy atom. The van der Waals surface area contributed by atoms with Crippen molar-refractivity contribution in [3.63, 3.8) is 0 Å². The Bertz CT molecular complexity index is 464. The van der Waals surface area contributed by atoms with Crippen LogP contribution in [0.3, 0.4) is 0 Å². The lowest BCUT2D eigenvalue weighted by Gasteiger charge is -2.25. The van der Waals surface area contributed by atoms with Gasteiger partial charge in [0.1, 0.15) is 0 Å². The molecule has 0 aromatic carbocycles. The number of thiophene rings is 1. The molecule has 2 aliphatic rings. The SMILES string of the molecule is O=C(C#Cc1cccs1)N[C@@H]1C[C@H]1C1CCC1. The average molecular weight is 245 g/mol. The highest BCUT2D eigenvalue weighted by molar-refractivity contribution is 7.10. The van der Waals surface area contributed by atoms with Gasteiger partial charge >= 0.3 is 0 Å². The second-order valence-electron chi connectivity index (χ2n) is 4.90. The predicted octanol–water partition coefficient (Wildman–Crippen LogP) is 2.40. The molecule has 1 aromatic heterocycles. The molecule has 0 radical (unpaired) electrons. The number of hydrogen-bond acceptors (Lipinski definition) is 2. The summed E-state index contributed by atoms with van der Waals surface area (Å²) in [5, 5.41) is 4.98. The first-order chi connectivity index (χ1) is 8.33. The molecule has 88 valence electrons. The van der Waals surface area contributed by atoms with Crippen molar-refractivity contribution < 1.29 is 4.79 Å². The monoisotopic (exact) mass is 245 g/mol. The Morgan fingerprint density at radius 2 is 2.35 bits per heavy atom. The molecule has 0 unspecified atom stereocenters. The van der Waals surface area contributed by atoms with E-state index in [1.165, 1.54) is 19.3 Å². The van der Waals surface area contributed by atoms with Crippen LogP contribution in [0.5, 0.6) is 0 Å². The fourth-order valence-electron chi connectivity index (χ4n) is 2.44. The van der Waals surface area contributed by atoms with Crippen LogP contribution in [0.2, 0.25) is 0 Å². The zero-order valence-corrected chi connectivity index (χ0v) is 10.4. The van der Waals surface area contributed by atoms with Gasteiger partial charge in [-0.15, -0.1) is 11.3 Å². The molecule has 2 atom stereocenters. The van der Waals surface area contributed by atoms with E-state index in [2.05, 4.69) is 17.2 Å². The zero-order chi connectivity index (χ0) is 11.7. The van der Waals surface area contributed by atoms with Crippen molar-refractivity contribution in [1.82, 2.24) is 5.32 Å². The Labute approximate surface area is 105 Å². The molecule has 2 fully saturated rings. The number of amides is 1. The van der Waals surface area contributed by atoms with Crippen LogP contribution in [0.25, 0.3) is 0 Å². The van der Waals surface area contributed by atoms with Gasteiger partial charge < -0.3 is 5.32 Å².